The first-order chi connectivity index (χ1) is 13.7. The molecule has 0 radical (unpaired) electrons. The predicted octanol–water partition coefficient (Wildman–Crippen LogP) is 8.05. The van der Waals surface area contributed by atoms with E-state index in [9.17, 15) is 4.39 Å². The maximum absolute atomic E-state index is 14.8. The Hall–Kier alpha value is -1.31. The van der Waals surface area contributed by atoms with Crippen molar-refractivity contribution in [3.05, 3.63) is 41.7 Å². The zero-order chi connectivity index (χ0) is 19.8. The summed E-state index contributed by atoms with van der Waals surface area (Å²) < 4.78 is 20.4. The molecule has 1 fully saturated rings. The lowest BCUT2D eigenvalue weighted by Gasteiger charge is -2.36. The van der Waals surface area contributed by atoms with E-state index in [1.165, 1.54) is 63.4 Å². The van der Waals surface area contributed by atoms with Crippen LogP contribution in [-0.4, -0.2) is 6.61 Å². The molecule has 3 rings (SSSR count). The zero-order valence-corrected chi connectivity index (χ0v) is 18.0. The van der Waals surface area contributed by atoms with Crippen LogP contribution in [0.2, 0.25) is 0 Å². The number of rotatable bonds is 9. The number of hydrogen-bond donors (Lipinski definition) is 0. The van der Waals surface area contributed by atoms with Gasteiger partial charge in [-0.2, -0.15) is 0 Å². The summed E-state index contributed by atoms with van der Waals surface area (Å²) >= 11 is 0. The Bertz CT molecular complexity index is 615. The van der Waals surface area contributed by atoms with Gasteiger partial charge in [0, 0.05) is 0 Å². The fourth-order valence-electron chi connectivity index (χ4n) is 5.22. The van der Waals surface area contributed by atoms with Crippen LogP contribution in [0.4, 0.5) is 4.39 Å². The summed E-state index contributed by atoms with van der Waals surface area (Å²) in [6.45, 7) is 5.05. The van der Waals surface area contributed by atoms with Gasteiger partial charge in [0.15, 0.2) is 11.6 Å². The number of benzene rings is 1. The van der Waals surface area contributed by atoms with Gasteiger partial charge in [0.2, 0.25) is 0 Å². The molecule has 0 saturated heterocycles. The van der Waals surface area contributed by atoms with Crippen LogP contribution in [0.1, 0.15) is 96.0 Å². The fourth-order valence-corrected chi connectivity index (χ4v) is 5.22. The normalized spacial score (nSPS) is 26.2. The molecule has 0 amide bonds. The maximum Gasteiger partial charge on any atom is 0.165 e. The van der Waals surface area contributed by atoms with E-state index in [1.54, 1.807) is 6.07 Å². The minimum absolute atomic E-state index is 0.176. The smallest absolute Gasteiger partial charge is 0.165 e. The Balaban J connectivity index is 1.73. The minimum atomic E-state index is -0.176. The molecule has 2 aliphatic rings. The second-order valence-electron chi connectivity index (χ2n) is 9.07. The Morgan fingerprint density at radius 2 is 1.86 bits per heavy atom. The van der Waals surface area contributed by atoms with Crippen molar-refractivity contribution in [3.63, 3.8) is 0 Å². The van der Waals surface area contributed by atoms with E-state index in [0.717, 1.165) is 24.7 Å². The lowest BCUT2D eigenvalue weighted by molar-refractivity contribution is 0.215. The fraction of sp³-hybridized carbons (Fsp3) is 0.692. The summed E-state index contributed by atoms with van der Waals surface area (Å²) in [6.07, 6.45) is 18.2. The molecule has 1 nitrogen and oxygen atoms in total. The van der Waals surface area contributed by atoms with Gasteiger partial charge < -0.3 is 4.74 Å². The highest BCUT2D eigenvalue weighted by molar-refractivity contribution is 5.32. The van der Waals surface area contributed by atoms with Gasteiger partial charge >= 0.3 is 0 Å². The molecule has 2 aliphatic carbocycles. The van der Waals surface area contributed by atoms with E-state index in [0.29, 0.717) is 24.2 Å². The van der Waals surface area contributed by atoms with E-state index in [-0.39, 0.29) is 5.82 Å². The Labute approximate surface area is 171 Å². The van der Waals surface area contributed by atoms with Gasteiger partial charge in [-0.1, -0.05) is 57.7 Å². The van der Waals surface area contributed by atoms with Crippen molar-refractivity contribution in [2.24, 2.45) is 17.8 Å². The average Bonchev–Trinajstić information content (AvgIpc) is 2.74. The van der Waals surface area contributed by atoms with Crippen molar-refractivity contribution >= 4 is 0 Å². The average molecular weight is 387 g/mol. The van der Waals surface area contributed by atoms with Crippen LogP contribution in [0, 0.1) is 23.6 Å². The molecule has 0 spiro atoms. The first-order valence-electron chi connectivity index (χ1n) is 11.8. The molecule has 0 aliphatic heterocycles. The van der Waals surface area contributed by atoms with Crippen LogP contribution in [0.5, 0.6) is 5.75 Å². The van der Waals surface area contributed by atoms with Crippen molar-refractivity contribution < 1.29 is 9.13 Å². The lowest BCUT2D eigenvalue weighted by atomic mass is 9.69. The molecule has 0 aromatic heterocycles. The summed E-state index contributed by atoms with van der Waals surface area (Å²) in [5.74, 6) is 3.10. The van der Waals surface area contributed by atoms with E-state index >= 15 is 0 Å². The minimum Gasteiger partial charge on any atom is -0.491 e. The topological polar surface area (TPSA) is 9.23 Å². The van der Waals surface area contributed by atoms with Crippen LogP contribution in [0.15, 0.2) is 30.4 Å². The molecular formula is C26H39FO. The first kappa shape index (κ1) is 21.4. The monoisotopic (exact) mass is 386 g/mol. The number of allylic oxidation sites excluding steroid dienone is 2. The molecule has 2 unspecified atom stereocenters. The van der Waals surface area contributed by atoms with Gasteiger partial charge in [0.05, 0.1) is 6.61 Å². The van der Waals surface area contributed by atoms with Crippen LogP contribution in [0.25, 0.3) is 0 Å². The van der Waals surface area contributed by atoms with E-state index in [2.05, 4.69) is 32.1 Å². The highest BCUT2D eigenvalue weighted by atomic mass is 19.1. The summed E-state index contributed by atoms with van der Waals surface area (Å²) in [4.78, 5) is 0. The lowest BCUT2D eigenvalue weighted by Crippen LogP contribution is -2.23. The first-order valence-corrected chi connectivity index (χ1v) is 11.8. The third kappa shape index (κ3) is 5.84. The third-order valence-electron chi connectivity index (χ3n) is 7.14. The Morgan fingerprint density at radius 3 is 2.50 bits per heavy atom. The second kappa shape index (κ2) is 11.0. The summed E-state index contributed by atoms with van der Waals surface area (Å²) in [5.41, 5.74) is 1.20. The van der Waals surface area contributed by atoms with E-state index in [1.807, 2.05) is 6.07 Å². The van der Waals surface area contributed by atoms with Gasteiger partial charge in [0.25, 0.3) is 0 Å². The number of unbranched alkanes of at least 4 members (excludes halogenated alkanes) is 1. The van der Waals surface area contributed by atoms with E-state index < -0.39 is 0 Å². The molecule has 2 atom stereocenters. The van der Waals surface area contributed by atoms with Gasteiger partial charge in [-0.3, -0.25) is 0 Å². The third-order valence-corrected chi connectivity index (χ3v) is 7.14. The predicted molar refractivity (Wildman–Crippen MR) is 116 cm³/mol. The van der Waals surface area contributed by atoms with Crippen molar-refractivity contribution in [2.75, 3.05) is 6.61 Å². The number of halogens is 1. The standard InChI is InChI=1S/C26H39FO/c1-3-5-17-28-26-16-15-23(19-25(26)27)24(18-21-9-7-6-8-10-21)22-13-11-20(4-2)12-14-22/h6-7,15-16,19-22,24H,3-5,8-14,17-18H2,1-2H3. The Morgan fingerprint density at radius 1 is 1.04 bits per heavy atom. The van der Waals surface area contributed by atoms with Gasteiger partial charge in [-0.15, -0.1) is 0 Å². The number of hydrogen-bond acceptors (Lipinski definition) is 1. The molecule has 0 heterocycles. The van der Waals surface area contributed by atoms with Crippen LogP contribution < -0.4 is 4.74 Å². The Kier molecular flexibility index (Phi) is 8.43. The van der Waals surface area contributed by atoms with Gasteiger partial charge in [-0.25, -0.2) is 4.39 Å². The molecule has 156 valence electrons. The van der Waals surface area contributed by atoms with E-state index in [4.69, 9.17) is 4.74 Å². The number of ether oxygens (including phenoxy) is 1. The maximum atomic E-state index is 14.8. The second-order valence-corrected chi connectivity index (χ2v) is 9.07. The largest absolute Gasteiger partial charge is 0.491 e. The van der Waals surface area contributed by atoms with Crippen LogP contribution >= 0.6 is 0 Å². The van der Waals surface area contributed by atoms with Crippen molar-refractivity contribution in [1.82, 2.24) is 0 Å². The summed E-state index contributed by atoms with van der Waals surface area (Å²) in [5, 5.41) is 0. The van der Waals surface area contributed by atoms with Crippen LogP contribution in [-0.2, 0) is 0 Å². The van der Waals surface area contributed by atoms with Gasteiger partial charge in [-0.05, 0) is 86.3 Å². The molecule has 0 bridgehead atoms. The highest BCUT2D eigenvalue weighted by Gasteiger charge is 2.30. The quantitative estimate of drug-likeness (QED) is 0.308. The van der Waals surface area contributed by atoms with Crippen molar-refractivity contribution in [2.45, 2.75) is 90.4 Å². The molecule has 1 saturated carbocycles. The van der Waals surface area contributed by atoms with Gasteiger partial charge in [0.1, 0.15) is 0 Å². The van der Waals surface area contributed by atoms with Crippen LogP contribution in [0.3, 0.4) is 0 Å². The van der Waals surface area contributed by atoms with Crippen molar-refractivity contribution in [1.29, 1.82) is 0 Å². The molecule has 1 aromatic rings. The highest BCUT2D eigenvalue weighted by Crippen LogP contribution is 2.44. The SMILES string of the molecule is CCCCOc1ccc(C(CC2CC=CCC2)C2CCC(CC)CC2)cc1F. The molecular weight excluding hydrogens is 347 g/mol. The summed E-state index contributed by atoms with van der Waals surface area (Å²) in [6, 6.07) is 5.82. The zero-order valence-electron chi connectivity index (χ0n) is 18.0. The molecule has 0 N–H and O–H groups in total. The molecule has 1 aromatic carbocycles. The summed E-state index contributed by atoms with van der Waals surface area (Å²) in [7, 11) is 0. The van der Waals surface area contributed by atoms with Crippen molar-refractivity contribution in [3.8, 4) is 5.75 Å². The molecule has 2 heteroatoms. The molecule has 28 heavy (non-hydrogen) atoms.